The molecule has 3 nitrogen and oxygen atoms in total. The van der Waals surface area contributed by atoms with Crippen molar-refractivity contribution in [1.82, 2.24) is 4.86 Å². The zero-order valence-electron chi connectivity index (χ0n) is 4.98. The van der Waals surface area contributed by atoms with Crippen LogP contribution in [0, 0.1) is 0 Å². The quantitative estimate of drug-likeness (QED) is 0.589. The largest absolute Gasteiger partial charge is 0.488 e. The zero-order chi connectivity index (χ0) is 10.2. The summed E-state index contributed by atoms with van der Waals surface area (Å²) in [4.78, 5) is -0.378. The number of halogens is 6. The second kappa shape index (κ2) is 3.05. The van der Waals surface area contributed by atoms with Gasteiger partial charge in [0.15, 0.2) is 0 Å². The fourth-order valence-corrected chi connectivity index (χ4v) is 1.86. The Kier molecular flexibility index (Phi) is 3.05. The Morgan fingerprint density at radius 3 is 1.42 bits per heavy atom. The van der Waals surface area contributed by atoms with Gasteiger partial charge in [-0.2, -0.15) is 17.4 Å². The molecule has 0 rings (SSSR count). The number of alkyl halides is 3. The van der Waals surface area contributed by atoms with E-state index in [1.165, 1.54) is 0 Å². The molecule has 0 radical (unpaired) electrons. The third kappa shape index (κ3) is 3.60. The van der Waals surface area contributed by atoms with Gasteiger partial charge in [0.05, 0.1) is 0 Å². The van der Waals surface area contributed by atoms with Crippen molar-refractivity contribution >= 4 is 15.5 Å². The van der Waals surface area contributed by atoms with E-state index in [1.54, 1.807) is 0 Å². The monoisotopic (exact) mass is 235 g/mol. The highest BCUT2D eigenvalue weighted by Crippen LogP contribution is 2.66. The summed E-state index contributed by atoms with van der Waals surface area (Å²) in [5, 5.41) is 0. The molecular weight excluding hydrogens is 234 g/mol. The van der Waals surface area contributed by atoms with Crippen molar-refractivity contribution in [1.29, 1.82) is 0 Å². The molecule has 0 aliphatic carbocycles. The van der Waals surface area contributed by atoms with Crippen molar-refractivity contribution in [3.05, 3.63) is 0 Å². The molecule has 0 aliphatic rings. The summed E-state index contributed by atoms with van der Waals surface area (Å²) in [6.45, 7) is 0. The summed E-state index contributed by atoms with van der Waals surface area (Å²) in [6, 6.07) is 0. The fourth-order valence-electron chi connectivity index (χ4n) is 0.206. The van der Waals surface area contributed by atoms with Crippen molar-refractivity contribution in [3.8, 4) is 0 Å². The molecule has 0 saturated carbocycles. The Morgan fingerprint density at radius 2 is 1.33 bits per heavy atom. The predicted octanol–water partition coefficient (Wildman–Crippen LogP) is 3.31. The summed E-state index contributed by atoms with van der Waals surface area (Å²) in [5.74, 6) is -5.97. The number of hydrogen-bond acceptors (Lipinski definition) is 2. The molecule has 0 bridgehead atoms. The molecule has 0 aliphatic heterocycles. The summed E-state index contributed by atoms with van der Waals surface area (Å²) < 4.78 is 87.0. The van der Waals surface area contributed by atoms with Gasteiger partial charge in [-0.15, -0.1) is 13.3 Å². The van der Waals surface area contributed by atoms with Crippen LogP contribution in [0.2, 0.25) is 0 Å². The van der Waals surface area contributed by atoms with Crippen molar-refractivity contribution in [2.45, 2.75) is 5.92 Å². The normalized spacial score (nSPS) is 18.8. The first-order valence-electron chi connectivity index (χ1n) is 2.11. The highest BCUT2D eigenvalue weighted by Gasteiger charge is 2.56. The van der Waals surface area contributed by atoms with E-state index in [0.717, 1.165) is 0 Å². The lowest BCUT2D eigenvalue weighted by atomic mass is 11.6. The average Bonchev–Trinajstić information content (AvgIpc) is 1.52. The van der Waals surface area contributed by atoms with E-state index in [9.17, 15) is 34.9 Å². The minimum atomic E-state index is -6.76. The standard InChI is InChI=1S/CHF6NO2P2/c2-1(3,4)11(5,9)8-12(6,7)10/h(H,8,9,10). The van der Waals surface area contributed by atoms with Crippen molar-refractivity contribution in [3.63, 3.8) is 0 Å². The lowest BCUT2D eigenvalue weighted by Gasteiger charge is -2.11. The van der Waals surface area contributed by atoms with E-state index in [-0.39, 0.29) is 4.86 Å². The smallest absolute Gasteiger partial charge is 0.259 e. The van der Waals surface area contributed by atoms with Crippen LogP contribution in [-0.4, -0.2) is 5.92 Å². The van der Waals surface area contributed by atoms with Crippen LogP contribution in [-0.2, 0) is 9.13 Å². The summed E-state index contributed by atoms with van der Waals surface area (Å²) in [6.07, 6.45) is 0. The van der Waals surface area contributed by atoms with Gasteiger partial charge in [-0.1, -0.05) is 0 Å². The van der Waals surface area contributed by atoms with Gasteiger partial charge in [0.2, 0.25) is 0 Å². The molecule has 1 N–H and O–H groups in total. The molecule has 0 saturated heterocycles. The van der Waals surface area contributed by atoms with E-state index >= 15 is 0 Å². The van der Waals surface area contributed by atoms with E-state index in [2.05, 4.69) is 0 Å². The van der Waals surface area contributed by atoms with Gasteiger partial charge < -0.3 is 0 Å². The van der Waals surface area contributed by atoms with E-state index in [0.29, 0.717) is 0 Å². The van der Waals surface area contributed by atoms with Gasteiger partial charge in [0.1, 0.15) is 0 Å². The molecule has 12 heavy (non-hydrogen) atoms. The van der Waals surface area contributed by atoms with Gasteiger partial charge >= 0.3 is 21.4 Å². The van der Waals surface area contributed by atoms with E-state index in [1.807, 2.05) is 0 Å². The minimum Gasteiger partial charge on any atom is -0.259 e. The number of nitrogens with one attached hydrogen (secondary N) is 1. The summed E-state index contributed by atoms with van der Waals surface area (Å²) >= 11 is 0. The van der Waals surface area contributed by atoms with Crippen molar-refractivity contribution in [2.24, 2.45) is 0 Å². The molecular formula is CHF6NO2P2. The van der Waals surface area contributed by atoms with Crippen LogP contribution in [0.25, 0.3) is 0 Å². The highest BCUT2D eigenvalue weighted by molar-refractivity contribution is 7.70. The molecule has 0 fully saturated rings. The maximum Gasteiger partial charge on any atom is 0.488 e. The van der Waals surface area contributed by atoms with Crippen LogP contribution in [0.1, 0.15) is 0 Å². The maximum atomic E-state index is 11.8. The summed E-state index contributed by atoms with van der Waals surface area (Å²) in [5.41, 5.74) is 0. The number of hydrogen-bond donors (Lipinski definition) is 1. The molecule has 74 valence electrons. The van der Waals surface area contributed by atoms with Crippen LogP contribution in [0.5, 0.6) is 0 Å². The van der Waals surface area contributed by atoms with Gasteiger partial charge in [-0.05, 0) is 0 Å². The third-order valence-corrected chi connectivity index (χ3v) is 3.18. The lowest BCUT2D eigenvalue weighted by Crippen LogP contribution is -2.14. The molecule has 0 spiro atoms. The average molecular weight is 235 g/mol. The van der Waals surface area contributed by atoms with Crippen LogP contribution in [0.15, 0.2) is 0 Å². The Bertz CT molecular complexity index is 253. The Hall–Kier alpha value is -0.0000000000000000555. The Morgan fingerprint density at radius 1 is 1.00 bits per heavy atom. The van der Waals surface area contributed by atoms with Crippen molar-refractivity contribution in [2.75, 3.05) is 0 Å². The Labute approximate surface area is 62.3 Å². The van der Waals surface area contributed by atoms with Gasteiger partial charge in [-0.3, -0.25) is 4.57 Å². The van der Waals surface area contributed by atoms with Crippen LogP contribution in [0.3, 0.4) is 0 Å². The predicted molar refractivity (Wildman–Crippen MR) is 27.7 cm³/mol. The topological polar surface area (TPSA) is 46.2 Å². The van der Waals surface area contributed by atoms with E-state index < -0.39 is 21.4 Å². The van der Waals surface area contributed by atoms with Gasteiger partial charge in [-0.25, -0.2) is 4.57 Å². The van der Waals surface area contributed by atoms with Crippen LogP contribution >= 0.6 is 15.5 Å². The molecule has 0 aromatic carbocycles. The molecule has 11 heteroatoms. The zero-order valence-corrected chi connectivity index (χ0v) is 6.77. The molecule has 1 unspecified atom stereocenters. The van der Waals surface area contributed by atoms with E-state index in [4.69, 9.17) is 0 Å². The van der Waals surface area contributed by atoms with Gasteiger partial charge in [0, 0.05) is 0 Å². The molecule has 0 amide bonds. The molecule has 0 heterocycles. The minimum absolute atomic E-state index is 0.378. The first-order chi connectivity index (χ1) is 4.96. The first-order valence-corrected chi connectivity index (χ1v) is 5.20. The highest BCUT2D eigenvalue weighted by atomic mass is 31.3. The molecule has 0 aromatic heterocycles. The fraction of sp³-hybridized carbons (Fsp3) is 1.00. The number of rotatable bonds is 2. The molecule has 0 aromatic rings. The van der Waals surface area contributed by atoms with Crippen molar-refractivity contribution < 1.29 is 34.9 Å². The lowest BCUT2D eigenvalue weighted by molar-refractivity contribution is -0.0525. The second-order valence-electron chi connectivity index (χ2n) is 1.56. The third-order valence-electron chi connectivity index (χ3n) is 0.571. The Balaban J connectivity index is 4.69. The first kappa shape index (κ1) is 12.0. The summed E-state index contributed by atoms with van der Waals surface area (Å²) in [7, 11) is -13.3. The van der Waals surface area contributed by atoms with Crippen LogP contribution < -0.4 is 4.86 Å². The maximum absolute atomic E-state index is 11.8. The molecule has 1 atom stereocenters. The van der Waals surface area contributed by atoms with Gasteiger partial charge in [0.25, 0.3) is 0 Å². The SMILES string of the molecule is O=P(F)(F)NP(=O)(F)C(F)(F)F. The second-order valence-corrected chi connectivity index (χ2v) is 4.86. The van der Waals surface area contributed by atoms with Crippen LogP contribution in [0.4, 0.5) is 25.8 Å².